The van der Waals surface area contributed by atoms with E-state index >= 15 is 0 Å². The number of amides is 1. The summed E-state index contributed by atoms with van der Waals surface area (Å²) in [6.45, 7) is 1.62. The summed E-state index contributed by atoms with van der Waals surface area (Å²) in [5.41, 5.74) is 1.47. The zero-order valence-electron chi connectivity index (χ0n) is 16.3. The van der Waals surface area contributed by atoms with Crippen LogP contribution in [0, 0.1) is 11.3 Å². The maximum absolute atomic E-state index is 12.4. The second-order valence-corrected chi connectivity index (χ2v) is 6.18. The molecule has 1 aromatic heterocycles. The van der Waals surface area contributed by atoms with Gasteiger partial charge in [-0.2, -0.15) is 5.26 Å². The number of nitrogens with zero attached hydrogens (tertiary/aromatic N) is 3. The first kappa shape index (κ1) is 20.5. The van der Waals surface area contributed by atoms with Crippen LogP contribution in [0.3, 0.4) is 0 Å². The summed E-state index contributed by atoms with van der Waals surface area (Å²) in [6.07, 6.45) is -1.00. The van der Waals surface area contributed by atoms with Crippen molar-refractivity contribution in [1.29, 1.82) is 5.26 Å². The van der Waals surface area contributed by atoms with Gasteiger partial charge in [0.1, 0.15) is 12.2 Å². The maximum atomic E-state index is 12.4. The van der Waals surface area contributed by atoms with Crippen LogP contribution in [0.2, 0.25) is 0 Å². The van der Waals surface area contributed by atoms with E-state index in [1.54, 1.807) is 56.5 Å². The molecule has 2 aromatic carbocycles. The highest BCUT2D eigenvalue weighted by Gasteiger charge is 2.20. The number of aromatic nitrogens is 2. The maximum Gasteiger partial charge on any atom is 0.338 e. The first-order valence-electron chi connectivity index (χ1n) is 8.96. The molecule has 30 heavy (non-hydrogen) atoms. The molecule has 0 aliphatic rings. The number of hydrogen-bond acceptors (Lipinski definition) is 8. The highest BCUT2D eigenvalue weighted by molar-refractivity contribution is 5.93. The summed E-state index contributed by atoms with van der Waals surface area (Å²) in [5.74, 6) is 0.158. The third-order valence-electron chi connectivity index (χ3n) is 4.05. The lowest BCUT2D eigenvalue weighted by molar-refractivity contribution is -0.115. The van der Waals surface area contributed by atoms with Crippen molar-refractivity contribution in [2.45, 2.75) is 19.4 Å². The topological polar surface area (TPSA) is 127 Å². The highest BCUT2D eigenvalue weighted by Crippen LogP contribution is 2.25. The van der Waals surface area contributed by atoms with E-state index < -0.39 is 18.0 Å². The number of ether oxygens (including phenoxy) is 2. The number of carbonyl (C=O) groups excluding carboxylic acids is 2. The first-order valence-corrected chi connectivity index (χ1v) is 8.96. The van der Waals surface area contributed by atoms with Crippen molar-refractivity contribution in [3.63, 3.8) is 0 Å². The Kier molecular flexibility index (Phi) is 6.39. The molecule has 0 unspecified atom stereocenters. The van der Waals surface area contributed by atoms with E-state index in [4.69, 9.17) is 19.2 Å². The van der Waals surface area contributed by atoms with Crippen molar-refractivity contribution in [2.24, 2.45) is 0 Å². The molecular weight excluding hydrogens is 388 g/mol. The third kappa shape index (κ3) is 4.99. The Morgan fingerprint density at radius 2 is 1.83 bits per heavy atom. The molecule has 1 heterocycles. The molecule has 0 saturated carbocycles. The lowest BCUT2D eigenvalue weighted by Gasteiger charge is -2.10. The lowest BCUT2D eigenvalue weighted by Crippen LogP contribution is -2.11. The Labute approximate surface area is 172 Å². The molecule has 3 aromatic rings. The van der Waals surface area contributed by atoms with Crippen molar-refractivity contribution in [3.8, 4) is 23.3 Å². The molecular formula is C21H18N4O5. The summed E-state index contributed by atoms with van der Waals surface area (Å²) >= 11 is 0. The molecule has 3 rings (SSSR count). The number of anilines is 1. The standard InChI is InChI=1S/C21H18N4O5/c1-13(19-24-25-20(30-19)14-5-9-17(28-2)10-6-14)29-21(27)15-3-7-16(8-4-15)23-18(26)11-12-22/h3-10,13H,11H2,1-2H3,(H,23,26)/t13-/m1/s1. The summed E-state index contributed by atoms with van der Waals surface area (Å²) in [5, 5.41) is 19.0. The average molecular weight is 406 g/mol. The summed E-state index contributed by atoms with van der Waals surface area (Å²) in [6, 6.07) is 15.0. The van der Waals surface area contributed by atoms with Gasteiger partial charge in [0.05, 0.1) is 18.7 Å². The number of carbonyl (C=O) groups is 2. The van der Waals surface area contributed by atoms with Gasteiger partial charge in [0, 0.05) is 11.3 Å². The fraction of sp³-hybridized carbons (Fsp3) is 0.190. The van der Waals surface area contributed by atoms with E-state index in [9.17, 15) is 9.59 Å². The van der Waals surface area contributed by atoms with Crippen LogP contribution in [0.25, 0.3) is 11.5 Å². The van der Waals surface area contributed by atoms with Gasteiger partial charge in [-0.05, 0) is 55.5 Å². The molecule has 0 aliphatic heterocycles. The molecule has 0 spiro atoms. The molecule has 0 aliphatic carbocycles. The number of nitriles is 1. The van der Waals surface area contributed by atoms with Crippen LogP contribution in [0.5, 0.6) is 5.75 Å². The van der Waals surface area contributed by atoms with E-state index in [2.05, 4.69) is 15.5 Å². The van der Waals surface area contributed by atoms with Gasteiger partial charge in [-0.25, -0.2) is 4.79 Å². The van der Waals surface area contributed by atoms with Crippen molar-refractivity contribution >= 4 is 17.6 Å². The average Bonchev–Trinajstić information content (AvgIpc) is 3.25. The molecule has 9 nitrogen and oxygen atoms in total. The van der Waals surface area contributed by atoms with Gasteiger partial charge in [0.25, 0.3) is 5.89 Å². The monoisotopic (exact) mass is 406 g/mol. The Bertz CT molecular complexity index is 1070. The van der Waals surface area contributed by atoms with Crippen LogP contribution in [0.4, 0.5) is 5.69 Å². The van der Waals surface area contributed by atoms with E-state index in [0.29, 0.717) is 22.9 Å². The van der Waals surface area contributed by atoms with Gasteiger partial charge in [0.15, 0.2) is 6.10 Å². The zero-order valence-corrected chi connectivity index (χ0v) is 16.3. The minimum atomic E-state index is -0.757. The molecule has 0 bridgehead atoms. The summed E-state index contributed by atoms with van der Waals surface area (Å²) in [4.78, 5) is 23.8. The molecule has 152 valence electrons. The number of esters is 1. The molecule has 0 fully saturated rings. The van der Waals surface area contributed by atoms with Gasteiger partial charge >= 0.3 is 5.97 Å². The van der Waals surface area contributed by atoms with Gasteiger partial charge in [-0.15, -0.1) is 10.2 Å². The van der Waals surface area contributed by atoms with Crippen LogP contribution in [0.15, 0.2) is 52.9 Å². The molecule has 1 amide bonds. The Morgan fingerprint density at radius 3 is 2.47 bits per heavy atom. The summed E-state index contributed by atoms with van der Waals surface area (Å²) < 4.78 is 16.1. The minimum Gasteiger partial charge on any atom is -0.497 e. The number of hydrogen-bond donors (Lipinski definition) is 1. The number of rotatable bonds is 7. The number of nitrogens with one attached hydrogen (secondary N) is 1. The predicted molar refractivity (Wildman–Crippen MR) is 105 cm³/mol. The third-order valence-corrected chi connectivity index (χ3v) is 4.05. The van der Waals surface area contributed by atoms with Crippen molar-refractivity contribution in [3.05, 3.63) is 60.0 Å². The van der Waals surface area contributed by atoms with Gasteiger partial charge < -0.3 is 19.2 Å². The van der Waals surface area contributed by atoms with Gasteiger partial charge in [-0.3, -0.25) is 4.79 Å². The second-order valence-electron chi connectivity index (χ2n) is 6.18. The van der Waals surface area contributed by atoms with E-state index in [1.165, 1.54) is 12.1 Å². The smallest absolute Gasteiger partial charge is 0.338 e. The zero-order chi connectivity index (χ0) is 21.5. The molecule has 9 heteroatoms. The van der Waals surface area contributed by atoms with Crippen LogP contribution in [0.1, 0.15) is 35.7 Å². The predicted octanol–water partition coefficient (Wildman–Crippen LogP) is 3.52. The number of methoxy groups -OCH3 is 1. The van der Waals surface area contributed by atoms with Crippen LogP contribution < -0.4 is 10.1 Å². The van der Waals surface area contributed by atoms with Gasteiger partial charge in [-0.1, -0.05) is 0 Å². The Balaban J connectivity index is 1.62. The molecule has 0 saturated heterocycles. The normalized spacial score (nSPS) is 11.2. The lowest BCUT2D eigenvalue weighted by atomic mass is 10.2. The van der Waals surface area contributed by atoms with Gasteiger partial charge in [0.2, 0.25) is 11.8 Å². The second kappa shape index (κ2) is 9.34. The van der Waals surface area contributed by atoms with Crippen LogP contribution in [-0.4, -0.2) is 29.2 Å². The minimum absolute atomic E-state index is 0.162. The molecule has 1 N–H and O–H groups in total. The summed E-state index contributed by atoms with van der Waals surface area (Å²) in [7, 11) is 1.58. The fourth-order valence-electron chi connectivity index (χ4n) is 2.49. The van der Waals surface area contributed by atoms with Crippen molar-refractivity contribution < 1.29 is 23.5 Å². The SMILES string of the molecule is COc1ccc(-c2nnc([C@@H](C)OC(=O)c3ccc(NC(=O)CC#N)cc3)o2)cc1. The first-order chi connectivity index (χ1) is 14.5. The largest absolute Gasteiger partial charge is 0.497 e. The Hall–Kier alpha value is -4.19. The van der Waals surface area contributed by atoms with Crippen LogP contribution >= 0.6 is 0 Å². The van der Waals surface area contributed by atoms with Crippen LogP contribution in [-0.2, 0) is 9.53 Å². The van der Waals surface area contributed by atoms with E-state index in [1.807, 2.05) is 0 Å². The molecule has 1 atom stereocenters. The Morgan fingerprint density at radius 1 is 1.13 bits per heavy atom. The highest BCUT2D eigenvalue weighted by atomic mass is 16.6. The fourth-order valence-corrected chi connectivity index (χ4v) is 2.49. The quantitative estimate of drug-likeness (QED) is 0.590. The van der Waals surface area contributed by atoms with Crippen molar-refractivity contribution in [1.82, 2.24) is 10.2 Å². The van der Waals surface area contributed by atoms with Crippen molar-refractivity contribution in [2.75, 3.05) is 12.4 Å². The molecule has 0 radical (unpaired) electrons. The van der Waals surface area contributed by atoms with E-state index in [-0.39, 0.29) is 17.9 Å². The van der Waals surface area contributed by atoms with E-state index in [0.717, 1.165) is 0 Å². The number of benzene rings is 2.